The number of benzene rings is 2. The van der Waals surface area contributed by atoms with E-state index in [1.165, 1.54) is 6.07 Å². The molecule has 2 N–H and O–H groups in total. The third-order valence-corrected chi connectivity index (χ3v) is 6.04. The highest BCUT2D eigenvalue weighted by molar-refractivity contribution is 7.93. The standard InChI is InChI=1S/C19H21N3O6S/c1-12(2)9-20-19(25)21-16(23)11-28-17(24)10-22-14-7-3-5-13-6-4-8-15(18(13)14)29(22,26)27/h3-8,12H,9-11H2,1-2H3,(H2,20,21,23,25). The van der Waals surface area contributed by atoms with Gasteiger partial charge in [0.1, 0.15) is 6.54 Å². The number of carbonyl (C=O) groups is 3. The first-order valence-electron chi connectivity index (χ1n) is 8.98. The predicted octanol–water partition coefficient (Wildman–Crippen LogP) is 1.37. The van der Waals surface area contributed by atoms with Crippen molar-refractivity contribution in [1.29, 1.82) is 0 Å². The number of hydrogen-bond donors (Lipinski definition) is 2. The molecule has 154 valence electrons. The summed E-state index contributed by atoms with van der Waals surface area (Å²) < 4.78 is 31.4. The minimum atomic E-state index is -3.90. The minimum Gasteiger partial charge on any atom is -0.454 e. The molecule has 3 amide bonds. The van der Waals surface area contributed by atoms with Crippen molar-refractivity contribution in [2.75, 3.05) is 24.0 Å². The molecule has 1 heterocycles. The first-order valence-corrected chi connectivity index (χ1v) is 10.4. The van der Waals surface area contributed by atoms with Gasteiger partial charge in [0.25, 0.3) is 15.9 Å². The van der Waals surface area contributed by atoms with E-state index in [0.717, 1.165) is 9.69 Å². The number of nitrogens with zero attached hydrogens (tertiary/aromatic N) is 1. The van der Waals surface area contributed by atoms with Crippen molar-refractivity contribution in [1.82, 2.24) is 10.6 Å². The molecule has 1 aliphatic rings. The first-order chi connectivity index (χ1) is 13.7. The summed E-state index contributed by atoms with van der Waals surface area (Å²) in [6.07, 6.45) is 0. The summed E-state index contributed by atoms with van der Waals surface area (Å²) in [6.45, 7) is 2.91. The molecule has 0 unspecified atom stereocenters. The van der Waals surface area contributed by atoms with Gasteiger partial charge in [0.2, 0.25) is 0 Å². The Morgan fingerprint density at radius 3 is 2.48 bits per heavy atom. The molecule has 2 aromatic carbocycles. The Hall–Kier alpha value is -3.14. The lowest BCUT2D eigenvalue weighted by atomic mass is 10.1. The van der Waals surface area contributed by atoms with Crippen molar-refractivity contribution in [3.8, 4) is 0 Å². The molecule has 9 nitrogen and oxygen atoms in total. The van der Waals surface area contributed by atoms with Crippen LogP contribution in [0.1, 0.15) is 13.8 Å². The molecule has 0 bridgehead atoms. The largest absolute Gasteiger partial charge is 0.454 e. The number of imide groups is 1. The number of esters is 1. The van der Waals surface area contributed by atoms with Gasteiger partial charge in [-0.25, -0.2) is 13.2 Å². The van der Waals surface area contributed by atoms with Gasteiger partial charge in [-0.2, -0.15) is 0 Å². The number of sulfonamides is 1. The first kappa shape index (κ1) is 20.6. The van der Waals surface area contributed by atoms with Crippen molar-refractivity contribution in [2.45, 2.75) is 18.7 Å². The van der Waals surface area contributed by atoms with Crippen molar-refractivity contribution < 1.29 is 27.5 Å². The minimum absolute atomic E-state index is 0.123. The zero-order valence-corrected chi connectivity index (χ0v) is 16.8. The third-order valence-electron chi connectivity index (χ3n) is 4.24. The van der Waals surface area contributed by atoms with E-state index in [9.17, 15) is 22.8 Å². The molecule has 29 heavy (non-hydrogen) atoms. The van der Waals surface area contributed by atoms with Crippen LogP contribution in [0.3, 0.4) is 0 Å². The van der Waals surface area contributed by atoms with Crippen LogP contribution in [0.25, 0.3) is 10.8 Å². The van der Waals surface area contributed by atoms with Gasteiger partial charge in [0.05, 0.1) is 10.6 Å². The lowest BCUT2D eigenvalue weighted by molar-refractivity contribution is -0.146. The van der Waals surface area contributed by atoms with Crippen LogP contribution in [0.15, 0.2) is 41.3 Å². The van der Waals surface area contributed by atoms with E-state index in [4.69, 9.17) is 4.74 Å². The van der Waals surface area contributed by atoms with Gasteiger partial charge in [-0.1, -0.05) is 38.1 Å². The van der Waals surface area contributed by atoms with Gasteiger partial charge >= 0.3 is 12.0 Å². The summed E-state index contributed by atoms with van der Waals surface area (Å²) in [5.41, 5.74) is 0.382. The molecule has 0 atom stereocenters. The summed E-state index contributed by atoms with van der Waals surface area (Å²) in [7, 11) is -3.90. The molecule has 3 rings (SSSR count). The van der Waals surface area contributed by atoms with Crippen LogP contribution in [-0.2, 0) is 24.3 Å². The molecule has 0 aromatic heterocycles. The molecule has 10 heteroatoms. The summed E-state index contributed by atoms with van der Waals surface area (Å²) in [4.78, 5) is 35.5. The Labute approximate surface area is 168 Å². The predicted molar refractivity (Wildman–Crippen MR) is 106 cm³/mol. The highest BCUT2D eigenvalue weighted by atomic mass is 32.2. The van der Waals surface area contributed by atoms with Crippen LogP contribution >= 0.6 is 0 Å². The maximum Gasteiger partial charge on any atom is 0.327 e. The fourth-order valence-electron chi connectivity index (χ4n) is 2.94. The van der Waals surface area contributed by atoms with Crippen molar-refractivity contribution in [3.63, 3.8) is 0 Å². The maximum atomic E-state index is 12.8. The maximum absolute atomic E-state index is 12.8. The SMILES string of the molecule is CC(C)CNC(=O)NC(=O)COC(=O)CN1c2cccc3cccc(c23)S1(=O)=O. The van der Waals surface area contributed by atoms with Crippen LogP contribution in [0.2, 0.25) is 0 Å². The second-order valence-corrected chi connectivity index (χ2v) is 8.79. The quantitative estimate of drug-likeness (QED) is 0.682. The number of nitrogens with one attached hydrogen (secondary N) is 2. The van der Waals surface area contributed by atoms with Gasteiger partial charge in [-0.05, 0) is 23.4 Å². The Kier molecular flexibility index (Phi) is 5.73. The summed E-state index contributed by atoms with van der Waals surface area (Å²) in [5, 5.41) is 5.81. The Bertz CT molecular complexity index is 1080. The van der Waals surface area contributed by atoms with Crippen LogP contribution in [-0.4, -0.2) is 46.0 Å². The van der Waals surface area contributed by atoms with Crippen molar-refractivity contribution in [2.24, 2.45) is 5.92 Å². The molecule has 0 aliphatic carbocycles. The Morgan fingerprint density at radius 2 is 1.79 bits per heavy atom. The lowest BCUT2D eigenvalue weighted by Gasteiger charge is -2.17. The van der Waals surface area contributed by atoms with Gasteiger partial charge in [-0.3, -0.25) is 19.2 Å². The molecule has 0 spiro atoms. The third kappa shape index (κ3) is 4.32. The molecule has 0 radical (unpaired) electrons. The molecule has 1 aliphatic heterocycles. The summed E-state index contributed by atoms with van der Waals surface area (Å²) in [6, 6.07) is 9.30. The number of hydrogen-bond acceptors (Lipinski definition) is 6. The number of rotatable bonds is 6. The van der Waals surface area contributed by atoms with E-state index < -0.39 is 41.1 Å². The van der Waals surface area contributed by atoms with Crippen LogP contribution < -0.4 is 14.9 Å². The average Bonchev–Trinajstić information content (AvgIpc) is 2.88. The van der Waals surface area contributed by atoms with Gasteiger partial charge < -0.3 is 10.1 Å². The molecular weight excluding hydrogens is 398 g/mol. The number of ether oxygens (including phenoxy) is 1. The second-order valence-electron chi connectivity index (χ2n) is 6.96. The van der Waals surface area contributed by atoms with Crippen molar-refractivity contribution >= 4 is 44.4 Å². The Balaban J connectivity index is 1.61. The van der Waals surface area contributed by atoms with Gasteiger partial charge in [-0.15, -0.1) is 0 Å². The highest BCUT2D eigenvalue weighted by Gasteiger charge is 2.37. The molecule has 2 aromatic rings. The number of urea groups is 1. The number of anilines is 1. The van der Waals surface area contributed by atoms with E-state index in [1.807, 2.05) is 19.2 Å². The van der Waals surface area contributed by atoms with E-state index in [1.54, 1.807) is 30.3 Å². The van der Waals surface area contributed by atoms with E-state index in [0.29, 0.717) is 17.6 Å². The van der Waals surface area contributed by atoms with Gasteiger partial charge in [0.15, 0.2) is 6.61 Å². The van der Waals surface area contributed by atoms with E-state index in [-0.39, 0.29) is 10.8 Å². The molecule has 0 saturated carbocycles. The Morgan fingerprint density at radius 1 is 1.10 bits per heavy atom. The van der Waals surface area contributed by atoms with E-state index in [2.05, 4.69) is 5.32 Å². The highest BCUT2D eigenvalue weighted by Crippen LogP contribution is 2.41. The lowest BCUT2D eigenvalue weighted by Crippen LogP contribution is -2.43. The normalized spacial score (nSPS) is 14.1. The van der Waals surface area contributed by atoms with Crippen molar-refractivity contribution in [3.05, 3.63) is 36.4 Å². The molecular formula is C19H21N3O6S. The summed E-state index contributed by atoms with van der Waals surface area (Å²) in [5.74, 6) is -1.50. The van der Waals surface area contributed by atoms with Crippen LogP contribution in [0, 0.1) is 5.92 Å². The fourth-order valence-corrected chi connectivity index (χ4v) is 4.60. The average molecular weight is 419 g/mol. The monoisotopic (exact) mass is 419 g/mol. The van der Waals surface area contributed by atoms with Gasteiger partial charge in [0, 0.05) is 11.9 Å². The zero-order valence-electron chi connectivity index (χ0n) is 16.0. The van der Waals surface area contributed by atoms with E-state index >= 15 is 0 Å². The van der Waals surface area contributed by atoms with Crippen LogP contribution in [0.4, 0.5) is 10.5 Å². The van der Waals surface area contributed by atoms with Crippen LogP contribution in [0.5, 0.6) is 0 Å². The number of carbonyl (C=O) groups excluding carboxylic acids is 3. The zero-order chi connectivity index (χ0) is 21.2. The second kappa shape index (κ2) is 8.08. The smallest absolute Gasteiger partial charge is 0.327 e. The topological polar surface area (TPSA) is 122 Å². The summed E-state index contributed by atoms with van der Waals surface area (Å²) >= 11 is 0. The molecule has 0 fully saturated rings. The number of amides is 3. The molecule has 0 saturated heterocycles. The fraction of sp³-hybridized carbons (Fsp3) is 0.316.